The first kappa shape index (κ1) is 25.2. The average molecular weight is 488 g/mol. The molecule has 1 unspecified atom stereocenters. The van der Waals surface area contributed by atoms with E-state index in [1.165, 1.54) is 12.1 Å². The van der Waals surface area contributed by atoms with Gasteiger partial charge in [0.05, 0.1) is 17.1 Å². The van der Waals surface area contributed by atoms with Gasteiger partial charge in [0.15, 0.2) is 0 Å². The van der Waals surface area contributed by atoms with Gasteiger partial charge in [-0.2, -0.15) is 26.3 Å². The second-order valence-electron chi connectivity index (χ2n) is 8.33. The summed E-state index contributed by atoms with van der Waals surface area (Å²) in [7, 11) is 0. The second-order valence-corrected chi connectivity index (χ2v) is 8.33. The molecule has 12 heteroatoms. The maximum Gasteiger partial charge on any atom is 0.426 e. The number of amides is 1. The number of carbonyl (C=O) groups excluding carboxylic acids is 1. The molecule has 0 aliphatic rings. The number of benzene rings is 2. The molecule has 34 heavy (non-hydrogen) atoms. The first-order valence-electron chi connectivity index (χ1n) is 9.72. The number of nitrogens with one attached hydrogen (secondary N) is 1. The number of aliphatic hydroxyl groups is 1. The molecule has 0 spiro atoms. The molecule has 2 aromatic carbocycles. The summed E-state index contributed by atoms with van der Waals surface area (Å²) in [5.41, 5.74) is -8.68. The standard InChI is InChI=1S/C22H18F6N2O4/c1-19(2,15-5-3-4-6-16(15)21(23,24)25)11-20(33,22(26,27)28)18(32)30-13-7-8-14-12(9-13)10-29-34-17(14)31/h3-10,33H,11H2,1-2H3,(H,30,32). The molecule has 0 saturated carbocycles. The number of nitrogens with zero attached hydrogens (tertiary/aromatic N) is 1. The van der Waals surface area contributed by atoms with E-state index >= 15 is 0 Å². The summed E-state index contributed by atoms with van der Waals surface area (Å²) in [6.45, 7) is 2.14. The van der Waals surface area contributed by atoms with E-state index < -0.39 is 52.4 Å². The molecule has 0 aliphatic heterocycles. The van der Waals surface area contributed by atoms with E-state index in [2.05, 4.69) is 9.68 Å². The first-order chi connectivity index (χ1) is 15.6. The van der Waals surface area contributed by atoms with Gasteiger partial charge in [-0.15, -0.1) is 0 Å². The number of aromatic nitrogens is 1. The van der Waals surface area contributed by atoms with Crippen LogP contribution in [0.5, 0.6) is 0 Å². The van der Waals surface area contributed by atoms with Gasteiger partial charge in [-0.05, 0) is 35.2 Å². The summed E-state index contributed by atoms with van der Waals surface area (Å²) >= 11 is 0. The number of alkyl halides is 6. The molecule has 0 saturated heterocycles. The van der Waals surface area contributed by atoms with Crippen molar-refractivity contribution >= 4 is 22.4 Å². The zero-order chi connectivity index (χ0) is 25.5. The van der Waals surface area contributed by atoms with Crippen molar-refractivity contribution in [3.63, 3.8) is 0 Å². The van der Waals surface area contributed by atoms with Crippen LogP contribution in [0.15, 0.2) is 58.0 Å². The topological polar surface area (TPSA) is 92.4 Å². The molecular formula is C22H18F6N2O4. The van der Waals surface area contributed by atoms with Crippen LogP contribution in [-0.4, -0.2) is 27.9 Å². The molecule has 1 atom stereocenters. The number of fused-ring (bicyclic) bond motifs is 1. The lowest BCUT2D eigenvalue weighted by molar-refractivity contribution is -0.254. The quantitative estimate of drug-likeness (QED) is 0.503. The summed E-state index contributed by atoms with van der Waals surface area (Å²) in [5, 5.41) is 16.0. The fraction of sp³-hybridized carbons (Fsp3) is 0.318. The summed E-state index contributed by atoms with van der Waals surface area (Å²) < 4.78 is 86.6. The number of halogens is 6. The molecule has 6 nitrogen and oxygen atoms in total. The molecule has 0 aliphatic carbocycles. The zero-order valence-electron chi connectivity index (χ0n) is 17.7. The number of carbonyl (C=O) groups is 1. The third kappa shape index (κ3) is 4.76. The van der Waals surface area contributed by atoms with E-state index in [4.69, 9.17) is 0 Å². The average Bonchev–Trinajstić information content (AvgIpc) is 2.72. The minimum Gasteiger partial charge on any atom is -0.373 e. The lowest BCUT2D eigenvalue weighted by Crippen LogP contribution is -2.57. The van der Waals surface area contributed by atoms with Crippen LogP contribution in [0.4, 0.5) is 32.0 Å². The lowest BCUT2D eigenvalue weighted by Gasteiger charge is -2.37. The van der Waals surface area contributed by atoms with Gasteiger partial charge in [0.2, 0.25) is 5.60 Å². The number of hydrogen-bond acceptors (Lipinski definition) is 5. The van der Waals surface area contributed by atoms with Crippen molar-refractivity contribution in [1.29, 1.82) is 0 Å². The van der Waals surface area contributed by atoms with Gasteiger partial charge in [-0.1, -0.05) is 37.2 Å². The summed E-state index contributed by atoms with van der Waals surface area (Å²) in [4.78, 5) is 24.3. The Morgan fingerprint density at radius 3 is 2.24 bits per heavy atom. The van der Waals surface area contributed by atoms with Crippen LogP contribution in [0.1, 0.15) is 31.4 Å². The third-order valence-electron chi connectivity index (χ3n) is 5.36. The van der Waals surface area contributed by atoms with Crippen molar-refractivity contribution in [3.8, 4) is 0 Å². The summed E-state index contributed by atoms with van der Waals surface area (Å²) in [5.74, 6) is -1.90. The number of rotatable bonds is 5. The van der Waals surface area contributed by atoms with Crippen molar-refractivity contribution < 1.29 is 40.8 Å². The van der Waals surface area contributed by atoms with E-state index in [-0.39, 0.29) is 16.5 Å². The van der Waals surface area contributed by atoms with E-state index in [1.807, 2.05) is 5.32 Å². The van der Waals surface area contributed by atoms with Crippen LogP contribution in [0.3, 0.4) is 0 Å². The normalized spacial score (nSPS) is 14.6. The van der Waals surface area contributed by atoms with Gasteiger partial charge in [-0.25, -0.2) is 4.79 Å². The predicted molar refractivity (Wildman–Crippen MR) is 109 cm³/mol. The Labute approximate surface area is 188 Å². The Kier molecular flexibility index (Phi) is 6.25. The van der Waals surface area contributed by atoms with Crippen molar-refractivity contribution in [2.45, 2.75) is 43.6 Å². The first-order valence-corrected chi connectivity index (χ1v) is 9.72. The largest absolute Gasteiger partial charge is 0.426 e. The molecule has 0 radical (unpaired) electrons. The van der Waals surface area contributed by atoms with E-state index in [0.29, 0.717) is 6.07 Å². The van der Waals surface area contributed by atoms with Crippen molar-refractivity contribution in [2.75, 3.05) is 5.32 Å². The predicted octanol–water partition coefficient (Wildman–Crippen LogP) is 4.81. The highest BCUT2D eigenvalue weighted by molar-refractivity contribution is 5.99. The Bertz CT molecular complexity index is 1280. The highest BCUT2D eigenvalue weighted by Gasteiger charge is 2.61. The Hall–Kier alpha value is -3.41. The molecule has 2 N–H and O–H groups in total. The fourth-order valence-corrected chi connectivity index (χ4v) is 3.71. The Morgan fingerprint density at radius 1 is 1.03 bits per heavy atom. The van der Waals surface area contributed by atoms with Crippen LogP contribution < -0.4 is 10.9 Å². The lowest BCUT2D eigenvalue weighted by atomic mass is 9.73. The Balaban J connectivity index is 1.99. The van der Waals surface area contributed by atoms with E-state index in [0.717, 1.165) is 44.3 Å². The molecule has 3 aromatic rings. The summed E-state index contributed by atoms with van der Waals surface area (Å²) in [6, 6.07) is 7.44. The molecule has 182 valence electrons. The number of hydrogen-bond donors (Lipinski definition) is 2. The maximum absolute atomic E-state index is 13.9. The van der Waals surface area contributed by atoms with Crippen molar-refractivity contribution in [1.82, 2.24) is 5.16 Å². The van der Waals surface area contributed by atoms with Gasteiger partial charge in [0.25, 0.3) is 5.91 Å². The minimum atomic E-state index is -5.53. The Morgan fingerprint density at radius 2 is 1.65 bits per heavy atom. The van der Waals surface area contributed by atoms with E-state index in [9.17, 15) is 41.0 Å². The van der Waals surface area contributed by atoms with Gasteiger partial charge < -0.3 is 14.9 Å². The minimum absolute atomic E-state index is 0.0453. The van der Waals surface area contributed by atoms with Crippen molar-refractivity contribution in [3.05, 3.63) is 70.2 Å². The molecule has 0 bridgehead atoms. The molecule has 3 rings (SSSR count). The summed E-state index contributed by atoms with van der Waals surface area (Å²) in [6.07, 6.45) is -10.7. The van der Waals surface area contributed by atoms with Gasteiger partial charge in [0, 0.05) is 17.5 Å². The second kappa shape index (κ2) is 8.42. The fourth-order valence-electron chi connectivity index (χ4n) is 3.71. The highest BCUT2D eigenvalue weighted by atomic mass is 19.4. The highest BCUT2D eigenvalue weighted by Crippen LogP contribution is 2.45. The van der Waals surface area contributed by atoms with Gasteiger partial charge >= 0.3 is 18.0 Å². The molecule has 1 heterocycles. The molecule has 1 amide bonds. The number of anilines is 1. The molecular weight excluding hydrogens is 470 g/mol. The van der Waals surface area contributed by atoms with Gasteiger partial charge in [0.1, 0.15) is 0 Å². The van der Waals surface area contributed by atoms with Crippen LogP contribution in [0, 0.1) is 0 Å². The SMILES string of the molecule is CC(C)(CC(O)(C(=O)Nc1ccc2c(=O)oncc2c1)C(F)(F)F)c1ccccc1C(F)(F)F. The van der Waals surface area contributed by atoms with Crippen LogP contribution in [-0.2, 0) is 16.4 Å². The zero-order valence-corrected chi connectivity index (χ0v) is 17.7. The third-order valence-corrected chi connectivity index (χ3v) is 5.36. The van der Waals surface area contributed by atoms with Crippen molar-refractivity contribution in [2.24, 2.45) is 0 Å². The van der Waals surface area contributed by atoms with Gasteiger partial charge in [-0.3, -0.25) is 4.79 Å². The molecule has 0 fully saturated rings. The van der Waals surface area contributed by atoms with Crippen LogP contribution in [0.2, 0.25) is 0 Å². The maximum atomic E-state index is 13.9. The van der Waals surface area contributed by atoms with Crippen LogP contribution in [0.25, 0.3) is 10.8 Å². The van der Waals surface area contributed by atoms with Crippen LogP contribution >= 0.6 is 0 Å². The molecule has 1 aromatic heterocycles. The monoisotopic (exact) mass is 488 g/mol. The van der Waals surface area contributed by atoms with E-state index in [1.54, 1.807) is 0 Å². The smallest absolute Gasteiger partial charge is 0.373 e.